The van der Waals surface area contributed by atoms with Crippen molar-refractivity contribution in [2.24, 2.45) is 0 Å². The van der Waals surface area contributed by atoms with Crippen molar-refractivity contribution in [2.45, 2.75) is 37.6 Å². The van der Waals surface area contributed by atoms with Gasteiger partial charge in [-0.2, -0.15) is 0 Å². The summed E-state index contributed by atoms with van der Waals surface area (Å²) >= 11 is 0. The maximum absolute atomic E-state index is 12.4. The van der Waals surface area contributed by atoms with E-state index in [1.807, 2.05) is 0 Å². The second kappa shape index (κ2) is 7.69. The number of anilines is 1. The molecule has 24 heavy (non-hydrogen) atoms. The summed E-state index contributed by atoms with van der Waals surface area (Å²) in [5.74, 6) is -1.04. The first-order valence-electron chi connectivity index (χ1n) is 7.33. The van der Waals surface area contributed by atoms with E-state index >= 15 is 0 Å². The lowest BCUT2D eigenvalue weighted by Crippen LogP contribution is -2.64. The standard InChI is InChI=1S/C15H20N2O7/c1-7(19)16-9-5-3-2-4-8(9)14(22)17-11-13(21)12(20)10(6-18)24-15(11)23/h2-5,10-13,15,18,20-21,23H,6H2,1H3,(H,16,19)(H,17,22). The van der Waals surface area contributed by atoms with E-state index < -0.39 is 43.2 Å². The van der Waals surface area contributed by atoms with Crippen LogP contribution in [0.3, 0.4) is 0 Å². The van der Waals surface area contributed by atoms with E-state index in [9.17, 15) is 24.9 Å². The predicted octanol–water partition coefficient (Wildman–Crippen LogP) is -1.83. The van der Waals surface area contributed by atoms with Gasteiger partial charge in [-0.3, -0.25) is 9.59 Å². The van der Waals surface area contributed by atoms with Gasteiger partial charge in [0.1, 0.15) is 24.4 Å². The Morgan fingerprint density at radius 3 is 2.46 bits per heavy atom. The molecule has 9 nitrogen and oxygen atoms in total. The van der Waals surface area contributed by atoms with Crippen LogP contribution in [0, 0.1) is 0 Å². The van der Waals surface area contributed by atoms with Crippen molar-refractivity contribution >= 4 is 17.5 Å². The molecule has 1 saturated heterocycles. The highest BCUT2D eigenvalue weighted by molar-refractivity contribution is 6.03. The van der Waals surface area contributed by atoms with Crippen LogP contribution in [-0.4, -0.2) is 69.5 Å². The third kappa shape index (κ3) is 3.89. The number of carbonyl (C=O) groups excluding carboxylic acids is 2. The van der Waals surface area contributed by atoms with E-state index in [4.69, 9.17) is 9.84 Å². The topological polar surface area (TPSA) is 148 Å². The zero-order chi connectivity index (χ0) is 17.9. The van der Waals surface area contributed by atoms with Crippen LogP contribution < -0.4 is 10.6 Å². The minimum absolute atomic E-state index is 0.117. The van der Waals surface area contributed by atoms with Gasteiger partial charge in [0.05, 0.1) is 17.9 Å². The first kappa shape index (κ1) is 18.3. The Morgan fingerprint density at radius 2 is 1.83 bits per heavy atom. The maximum Gasteiger partial charge on any atom is 0.253 e. The minimum Gasteiger partial charge on any atom is -0.394 e. The number of aliphatic hydroxyl groups excluding tert-OH is 4. The van der Waals surface area contributed by atoms with Crippen molar-refractivity contribution in [3.8, 4) is 0 Å². The molecule has 5 unspecified atom stereocenters. The van der Waals surface area contributed by atoms with E-state index in [1.54, 1.807) is 12.1 Å². The molecule has 0 aromatic heterocycles. The lowest BCUT2D eigenvalue weighted by Gasteiger charge is -2.40. The number of nitrogens with one attached hydrogen (secondary N) is 2. The Labute approximate surface area is 137 Å². The molecule has 1 aromatic carbocycles. The van der Waals surface area contributed by atoms with E-state index in [1.165, 1.54) is 19.1 Å². The molecule has 1 heterocycles. The highest BCUT2D eigenvalue weighted by atomic mass is 16.6. The number of para-hydroxylation sites is 1. The zero-order valence-corrected chi connectivity index (χ0v) is 12.9. The number of amides is 2. The van der Waals surface area contributed by atoms with Gasteiger partial charge in [0, 0.05) is 6.92 Å². The Morgan fingerprint density at radius 1 is 1.17 bits per heavy atom. The van der Waals surface area contributed by atoms with Crippen LogP contribution in [0.1, 0.15) is 17.3 Å². The summed E-state index contributed by atoms with van der Waals surface area (Å²) < 4.78 is 4.97. The van der Waals surface area contributed by atoms with Gasteiger partial charge in [-0.1, -0.05) is 12.1 Å². The molecule has 1 fully saturated rings. The fourth-order valence-electron chi connectivity index (χ4n) is 2.46. The molecule has 0 bridgehead atoms. The van der Waals surface area contributed by atoms with E-state index in [2.05, 4.69) is 10.6 Å². The van der Waals surface area contributed by atoms with Gasteiger partial charge >= 0.3 is 0 Å². The van der Waals surface area contributed by atoms with Crippen molar-refractivity contribution in [3.05, 3.63) is 29.8 Å². The molecule has 2 rings (SSSR count). The van der Waals surface area contributed by atoms with E-state index in [0.29, 0.717) is 0 Å². The Kier molecular flexibility index (Phi) is 5.86. The van der Waals surface area contributed by atoms with E-state index in [0.717, 1.165) is 0 Å². The van der Waals surface area contributed by atoms with Gasteiger partial charge in [-0.15, -0.1) is 0 Å². The highest BCUT2D eigenvalue weighted by Crippen LogP contribution is 2.21. The molecule has 5 atom stereocenters. The van der Waals surface area contributed by atoms with Gasteiger partial charge in [0.25, 0.3) is 5.91 Å². The summed E-state index contributed by atoms with van der Waals surface area (Å²) in [6, 6.07) is 4.89. The molecule has 0 spiro atoms. The third-order valence-electron chi connectivity index (χ3n) is 3.68. The Bertz CT molecular complexity index is 609. The van der Waals surface area contributed by atoms with Crippen LogP contribution >= 0.6 is 0 Å². The first-order chi connectivity index (χ1) is 11.3. The molecule has 1 aliphatic rings. The molecule has 6 N–H and O–H groups in total. The lowest BCUT2D eigenvalue weighted by atomic mass is 9.96. The van der Waals surface area contributed by atoms with Crippen LogP contribution in [0.2, 0.25) is 0 Å². The van der Waals surface area contributed by atoms with Gasteiger partial charge in [0.2, 0.25) is 5.91 Å². The number of aliphatic hydroxyl groups is 4. The second-order valence-electron chi connectivity index (χ2n) is 5.45. The summed E-state index contributed by atoms with van der Waals surface area (Å²) in [5.41, 5.74) is 0.378. The van der Waals surface area contributed by atoms with E-state index in [-0.39, 0.29) is 17.2 Å². The third-order valence-corrected chi connectivity index (χ3v) is 3.68. The monoisotopic (exact) mass is 340 g/mol. The fraction of sp³-hybridized carbons (Fsp3) is 0.467. The lowest BCUT2D eigenvalue weighted by molar-refractivity contribution is -0.252. The molecule has 2 amide bonds. The normalized spacial score (nSPS) is 29.8. The smallest absolute Gasteiger partial charge is 0.253 e. The van der Waals surface area contributed by atoms with Crippen molar-refractivity contribution in [1.82, 2.24) is 5.32 Å². The molecule has 1 aromatic rings. The maximum atomic E-state index is 12.4. The van der Waals surface area contributed by atoms with Gasteiger partial charge < -0.3 is 35.8 Å². The molecular formula is C15H20N2O7. The molecule has 132 valence electrons. The van der Waals surface area contributed by atoms with Crippen LogP contribution in [-0.2, 0) is 9.53 Å². The van der Waals surface area contributed by atoms with Crippen LogP contribution in [0.25, 0.3) is 0 Å². The van der Waals surface area contributed by atoms with Crippen molar-refractivity contribution in [2.75, 3.05) is 11.9 Å². The van der Waals surface area contributed by atoms with Gasteiger partial charge in [-0.25, -0.2) is 0 Å². The van der Waals surface area contributed by atoms with Crippen LogP contribution in [0.4, 0.5) is 5.69 Å². The highest BCUT2D eigenvalue weighted by Gasteiger charge is 2.44. The summed E-state index contributed by atoms with van der Waals surface area (Å²) in [6.07, 6.45) is -5.79. The molecule has 0 aliphatic carbocycles. The van der Waals surface area contributed by atoms with Gasteiger partial charge in [-0.05, 0) is 12.1 Å². The number of benzene rings is 1. The SMILES string of the molecule is CC(=O)Nc1ccccc1C(=O)NC1C(O)OC(CO)C(O)C1O. The number of ether oxygens (including phenoxy) is 1. The first-order valence-corrected chi connectivity index (χ1v) is 7.33. The van der Waals surface area contributed by atoms with Crippen molar-refractivity contribution in [1.29, 1.82) is 0 Å². The Balaban J connectivity index is 2.16. The quantitative estimate of drug-likeness (QED) is 0.378. The molecular weight excluding hydrogens is 320 g/mol. The average molecular weight is 340 g/mol. The summed E-state index contributed by atoms with van der Waals surface area (Å²) in [5, 5.41) is 43.6. The summed E-state index contributed by atoms with van der Waals surface area (Å²) in [6.45, 7) is 0.698. The molecule has 0 saturated carbocycles. The summed E-state index contributed by atoms with van der Waals surface area (Å²) in [7, 11) is 0. The molecule has 1 aliphatic heterocycles. The number of carbonyl (C=O) groups is 2. The molecule has 9 heteroatoms. The largest absolute Gasteiger partial charge is 0.394 e. The summed E-state index contributed by atoms with van der Waals surface area (Å²) in [4.78, 5) is 23.6. The van der Waals surface area contributed by atoms with Crippen molar-refractivity contribution in [3.63, 3.8) is 0 Å². The number of hydrogen-bond donors (Lipinski definition) is 6. The fourth-order valence-corrected chi connectivity index (χ4v) is 2.46. The second-order valence-corrected chi connectivity index (χ2v) is 5.45. The Hall–Kier alpha value is -2.04. The predicted molar refractivity (Wildman–Crippen MR) is 82.0 cm³/mol. The minimum atomic E-state index is -1.61. The van der Waals surface area contributed by atoms with Crippen LogP contribution in [0.5, 0.6) is 0 Å². The van der Waals surface area contributed by atoms with Crippen LogP contribution in [0.15, 0.2) is 24.3 Å². The average Bonchev–Trinajstić information content (AvgIpc) is 2.54. The molecule has 0 radical (unpaired) electrons. The van der Waals surface area contributed by atoms with Crippen molar-refractivity contribution < 1.29 is 34.8 Å². The zero-order valence-electron chi connectivity index (χ0n) is 12.9. The number of hydrogen-bond acceptors (Lipinski definition) is 7. The van der Waals surface area contributed by atoms with Gasteiger partial charge in [0.15, 0.2) is 6.29 Å². The number of rotatable bonds is 4.